The van der Waals surface area contributed by atoms with E-state index in [1.165, 1.54) is 6.07 Å². The number of hydrogen-bond donors (Lipinski definition) is 1. The number of nitrogens with zero attached hydrogens (tertiary/aromatic N) is 1. The first-order valence-electron chi connectivity index (χ1n) is 5.31. The molecule has 0 atom stereocenters. The molecule has 0 heterocycles. The van der Waals surface area contributed by atoms with Crippen molar-refractivity contribution >= 4 is 21.9 Å². The zero-order valence-corrected chi connectivity index (χ0v) is 11.2. The molecule has 0 unspecified atom stereocenters. The van der Waals surface area contributed by atoms with Gasteiger partial charge in [-0.05, 0) is 30.3 Å². The average Bonchev–Trinajstić information content (AvgIpc) is 2.39. The van der Waals surface area contributed by atoms with E-state index < -0.39 is 5.97 Å². The molecule has 0 saturated carbocycles. The average molecular weight is 318 g/mol. The van der Waals surface area contributed by atoms with E-state index in [0.29, 0.717) is 11.3 Å². The van der Waals surface area contributed by atoms with Crippen molar-refractivity contribution in [3.05, 3.63) is 58.1 Å². The van der Waals surface area contributed by atoms with Crippen molar-refractivity contribution in [1.82, 2.24) is 0 Å². The van der Waals surface area contributed by atoms with E-state index in [9.17, 15) is 4.79 Å². The van der Waals surface area contributed by atoms with Crippen molar-refractivity contribution in [3.63, 3.8) is 0 Å². The maximum absolute atomic E-state index is 11.1. The lowest BCUT2D eigenvalue weighted by Crippen LogP contribution is -2.00. The van der Waals surface area contributed by atoms with Crippen molar-refractivity contribution < 1.29 is 14.6 Å². The predicted octanol–water partition coefficient (Wildman–Crippen LogP) is 3.81. The van der Waals surface area contributed by atoms with E-state index in [1.54, 1.807) is 36.4 Å². The number of rotatable bonds is 3. The predicted molar refractivity (Wildman–Crippen MR) is 72.3 cm³/mol. The van der Waals surface area contributed by atoms with Gasteiger partial charge in [-0.1, -0.05) is 28.1 Å². The van der Waals surface area contributed by atoms with Crippen LogP contribution in [0.5, 0.6) is 11.5 Å². The first-order valence-corrected chi connectivity index (χ1v) is 6.11. The molecular weight excluding hydrogens is 310 g/mol. The Labute approximate surface area is 118 Å². The summed E-state index contributed by atoms with van der Waals surface area (Å²) in [5.74, 6) is -0.570. The van der Waals surface area contributed by atoms with Crippen molar-refractivity contribution in [2.75, 3.05) is 0 Å². The summed E-state index contributed by atoms with van der Waals surface area (Å²) in [6.45, 7) is 0. The number of carbonyl (C=O) groups is 1. The Balaban J connectivity index is 2.45. The fraction of sp³-hybridized carbons (Fsp3) is 0. The van der Waals surface area contributed by atoms with Crippen molar-refractivity contribution in [3.8, 4) is 17.6 Å². The largest absolute Gasteiger partial charge is 0.478 e. The van der Waals surface area contributed by atoms with Gasteiger partial charge in [0.15, 0.2) is 0 Å². The van der Waals surface area contributed by atoms with Crippen LogP contribution < -0.4 is 4.74 Å². The number of carboxylic acid groups (broad SMARTS) is 1. The standard InChI is InChI=1S/C14H8BrNO3/c15-10-6-5-9(8-16)13(7-10)19-12-4-2-1-3-11(12)14(17)18/h1-7H,(H,17,18). The minimum absolute atomic E-state index is 0.0476. The number of aromatic carboxylic acids is 1. The third-order valence-electron chi connectivity index (χ3n) is 2.40. The van der Waals surface area contributed by atoms with Crippen LogP contribution in [0.4, 0.5) is 0 Å². The summed E-state index contributed by atoms with van der Waals surface area (Å²) in [4.78, 5) is 11.1. The maximum Gasteiger partial charge on any atom is 0.339 e. The number of ether oxygens (including phenoxy) is 1. The van der Waals surface area contributed by atoms with E-state index in [2.05, 4.69) is 15.9 Å². The quantitative estimate of drug-likeness (QED) is 0.934. The van der Waals surface area contributed by atoms with Crippen LogP contribution in [-0.2, 0) is 0 Å². The van der Waals surface area contributed by atoms with Crippen LogP contribution in [0.15, 0.2) is 46.9 Å². The third kappa shape index (κ3) is 2.92. The van der Waals surface area contributed by atoms with Gasteiger partial charge in [0.25, 0.3) is 0 Å². The summed E-state index contributed by atoms with van der Waals surface area (Å²) in [6.07, 6.45) is 0. The fourth-order valence-corrected chi connectivity index (χ4v) is 1.86. The molecule has 0 aliphatic carbocycles. The maximum atomic E-state index is 11.1. The number of halogens is 1. The molecule has 1 N–H and O–H groups in total. The van der Waals surface area contributed by atoms with Gasteiger partial charge in [0.05, 0.1) is 5.56 Å². The van der Waals surface area contributed by atoms with Gasteiger partial charge in [-0.25, -0.2) is 4.79 Å². The Bertz CT molecular complexity index is 677. The first kappa shape index (κ1) is 13.1. The molecule has 4 nitrogen and oxygen atoms in total. The smallest absolute Gasteiger partial charge is 0.339 e. The van der Waals surface area contributed by atoms with Gasteiger partial charge in [0, 0.05) is 4.47 Å². The van der Waals surface area contributed by atoms with Crippen molar-refractivity contribution in [1.29, 1.82) is 5.26 Å². The van der Waals surface area contributed by atoms with E-state index >= 15 is 0 Å². The minimum atomic E-state index is -1.08. The zero-order chi connectivity index (χ0) is 13.8. The van der Waals surface area contributed by atoms with Gasteiger partial charge in [-0.2, -0.15) is 5.26 Å². The molecular formula is C14H8BrNO3. The molecule has 0 amide bonds. The molecule has 0 aliphatic rings. The van der Waals surface area contributed by atoms with Crippen LogP contribution in [0.1, 0.15) is 15.9 Å². The normalized spacial score (nSPS) is 9.68. The summed E-state index contributed by atoms with van der Waals surface area (Å²) in [5, 5.41) is 18.1. The molecule has 5 heteroatoms. The van der Waals surface area contributed by atoms with Crippen LogP contribution in [0.3, 0.4) is 0 Å². The van der Waals surface area contributed by atoms with Gasteiger partial charge < -0.3 is 9.84 Å². The summed E-state index contributed by atoms with van der Waals surface area (Å²) in [6, 6.07) is 13.2. The summed E-state index contributed by atoms with van der Waals surface area (Å²) >= 11 is 3.28. The Morgan fingerprint density at radius 2 is 1.95 bits per heavy atom. The zero-order valence-electron chi connectivity index (χ0n) is 9.63. The van der Waals surface area contributed by atoms with E-state index in [-0.39, 0.29) is 11.3 Å². The topological polar surface area (TPSA) is 70.3 Å². The monoisotopic (exact) mass is 317 g/mol. The van der Waals surface area contributed by atoms with E-state index in [0.717, 1.165) is 4.47 Å². The van der Waals surface area contributed by atoms with Crippen molar-refractivity contribution in [2.24, 2.45) is 0 Å². The molecule has 0 aromatic heterocycles. The fourth-order valence-electron chi connectivity index (χ4n) is 1.52. The molecule has 19 heavy (non-hydrogen) atoms. The lowest BCUT2D eigenvalue weighted by atomic mass is 10.2. The summed E-state index contributed by atoms with van der Waals surface area (Å²) < 4.78 is 6.29. The van der Waals surface area contributed by atoms with Crippen molar-refractivity contribution in [2.45, 2.75) is 0 Å². The van der Waals surface area contributed by atoms with Gasteiger partial charge in [0.1, 0.15) is 23.1 Å². The Morgan fingerprint density at radius 1 is 1.21 bits per heavy atom. The highest BCUT2D eigenvalue weighted by Gasteiger charge is 2.13. The summed E-state index contributed by atoms with van der Waals surface area (Å²) in [7, 11) is 0. The second kappa shape index (κ2) is 5.55. The molecule has 94 valence electrons. The SMILES string of the molecule is N#Cc1ccc(Br)cc1Oc1ccccc1C(=O)O. The molecule has 0 bridgehead atoms. The highest BCUT2D eigenvalue weighted by molar-refractivity contribution is 9.10. The van der Waals surface area contributed by atoms with Crippen LogP contribution in [0.25, 0.3) is 0 Å². The molecule has 2 aromatic rings. The van der Waals surface area contributed by atoms with Gasteiger partial charge in [0.2, 0.25) is 0 Å². The van der Waals surface area contributed by atoms with E-state index in [4.69, 9.17) is 15.1 Å². The second-order valence-electron chi connectivity index (χ2n) is 3.66. The Morgan fingerprint density at radius 3 is 2.63 bits per heavy atom. The number of nitriles is 1. The van der Waals surface area contributed by atoms with Gasteiger partial charge in [-0.3, -0.25) is 0 Å². The second-order valence-corrected chi connectivity index (χ2v) is 4.57. The number of para-hydroxylation sites is 1. The Kier molecular flexibility index (Phi) is 3.83. The van der Waals surface area contributed by atoms with Gasteiger partial charge in [-0.15, -0.1) is 0 Å². The highest BCUT2D eigenvalue weighted by Crippen LogP contribution is 2.30. The van der Waals surface area contributed by atoms with Gasteiger partial charge >= 0.3 is 5.97 Å². The minimum Gasteiger partial charge on any atom is -0.478 e. The molecule has 0 fully saturated rings. The number of carboxylic acids is 1. The van der Waals surface area contributed by atoms with Crippen LogP contribution in [0, 0.1) is 11.3 Å². The number of hydrogen-bond acceptors (Lipinski definition) is 3. The van der Waals surface area contributed by atoms with E-state index in [1.807, 2.05) is 6.07 Å². The molecule has 2 rings (SSSR count). The molecule has 0 spiro atoms. The van der Waals surface area contributed by atoms with Crippen LogP contribution in [-0.4, -0.2) is 11.1 Å². The molecule has 0 aliphatic heterocycles. The molecule has 0 radical (unpaired) electrons. The first-order chi connectivity index (χ1) is 9.11. The summed E-state index contributed by atoms with van der Waals surface area (Å²) in [5.41, 5.74) is 0.384. The van der Waals surface area contributed by atoms with Crippen LogP contribution in [0.2, 0.25) is 0 Å². The molecule has 2 aromatic carbocycles. The third-order valence-corrected chi connectivity index (χ3v) is 2.89. The van der Waals surface area contributed by atoms with Crippen LogP contribution >= 0.6 is 15.9 Å². The highest BCUT2D eigenvalue weighted by atomic mass is 79.9. The number of benzene rings is 2. The Hall–Kier alpha value is -2.32. The lowest BCUT2D eigenvalue weighted by Gasteiger charge is -2.10. The lowest BCUT2D eigenvalue weighted by molar-refractivity contribution is 0.0694. The molecule has 0 saturated heterocycles.